The molecule has 7 heteroatoms. The Bertz CT molecular complexity index is 832. The maximum absolute atomic E-state index is 13.0. The molecule has 1 N–H and O–H groups in total. The summed E-state index contributed by atoms with van der Waals surface area (Å²) in [6.45, 7) is 0. The predicted octanol–water partition coefficient (Wildman–Crippen LogP) is 2.73. The van der Waals surface area contributed by atoms with E-state index in [1.807, 2.05) is 0 Å². The van der Waals surface area contributed by atoms with Crippen LogP contribution in [0.4, 0.5) is 13.2 Å². The van der Waals surface area contributed by atoms with Crippen molar-refractivity contribution in [2.45, 2.75) is 6.18 Å². The van der Waals surface area contributed by atoms with Crippen molar-refractivity contribution in [3.05, 3.63) is 58.6 Å². The van der Waals surface area contributed by atoms with E-state index in [9.17, 15) is 18.0 Å². The summed E-state index contributed by atoms with van der Waals surface area (Å²) in [6.07, 6.45) is -3.08. The number of aromatic amines is 1. The fourth-order valence-corrected chi connectivity index (χ4v) is 2.09. The zero-order chi connectivity index (χ0) is 14.3. The third-order valence-electron chi connectivity index (χ3n) is 2.91. The summed E-state index contributed by atoms with van der Waals surface area (Å²) in [4.78, 5) is 18.3. The lowest BCUT2D eigenvalue weighted by molar-refractivity contribution is -0.137. The number of H-pyrrole nitrogens is 1. The second-order valence-electron chi connectivity index (χ2n) is 4.15. The molecule has 0 atom stereocenters. The molecule has 0 aliphatic rings. The van der Waals surface area contributed by atoms with Crippen LogP contribution in [-0.4, -0.2) is 14.5 Å². The first-order chi connectivity index (χ1) is 9.48. The second-order valence-corrected chi connectivity index (χ2v) is 4.15. The van der Waals surface area contributed by atoms with E-state index in [0.717, 1.165) is 10.6 Å². The maximum atomic E-state index is 13.0. The first-order valence-electron chi connectivity index (χ1n) is 5.71. The molecule has 3 aromatic rings. The molecule has 4 nitrogen and oxygen atoms in total. The molecule has 2 heterocycles. The minimum Gasteiger partial charge on any atom is -0.290 e. The number of hydrogen-bond acceptors (Lipinski definition) is 2. The molecule has 0 bridgehead atoms. The minimum absolute atomic E-state index is 0.218. The lowest BCUT2D eigenvalue weighted by atomic mass is 10.1. The standard InChI is InChI=1S/C13H8F3N3O/c14-13(15,16)8-4-1-2-5-9(8)19-10-6-3-7-17-11(10)18-12(19)20/h1-7H,(H,17,18,20). The first-order valence-corrected chi connectivity index (χ1v) is 5.71. The Hall–Kier alpha value is -2.57. The normalized spacial score (nSPS) is 11.9. The van der Waals surface area contributed by atoms with Crippen LogP contribution in [0.25, 0.3) is 16.9 Å². The lowest BCUT2D eigenvalue weighted by Crippen LogP contribution is -2.19. The van der Waals surface area contributed by atoms with Gasteiger partial charge >= 0.3 is 11.9 Å². The van der Waals surface area contributed by atoms with Gasteiger partial charge in [-0.1, -0.05) is 12.1 Å². The van der Waals surface area contributed by atoms with Crippen LogP contribution >= 0.6 is 0 Å². The molecule has 0 saturated carbocycles. The fraction of sp³-hybridized carbons (Fsp3) is 0.0769. The Morgan fingerprint density at radius 3 is 2.60 bits per heavy atom. The van der Waals surface area contributed by atoms with Gasteiger partial charge in [-0.3, -0.25) is 9.55 Å². The molecule has 102 valence electrons. The van der Waals surface area contributed by atoms with E-state index in [4.69, 9.17) is 0 Å². The molecule has 1 aromatic carbocycles. The van der Waals surface area contributed by atoms with Gasteiger partial charge in [0.2, 0.25) is 0 Å². The zero-order valence-electron chi connectivity index (χ0n) is 9.98. The zero-order valence-corrected chi connectivity index (χ0v) is 9.98. The van der Waals surface area contributed by atoms with E-state index in [1.165, 1.54) is 30.5 Å². The van der Waals surface area contributed by atoms with Crippen LogP contribution in [0.15, 0.2) is 47.4 Å². The third kappa shape index (κ3) is 1.87. The van der Waals surface area contributed by atoms with Gasteiger partial charge in [-0.05, 0) is 24.3 Å². The van der Waals surface area contributed by atoms with Crippen molar-refractivity contribution in [1.82, 2.24) is 14.5 Å². The van der Waals surface area contributed by atoms with Gasteiger partial charge in [0, 0.05) is 6.20 Å². The number of aromatic nitrogens is 3. The van der Waals surface area contributed by atoms with Gasteiger partial charge in [-0.25, -0.2) is 9.78 Å². The molecule has 0 radical (unpaired) electrons. The van der Waals surface area contributed by atoms with Crippen molar-refractivity contribution in [2.75, 3.05) is 0 Å². The minimum atomic E-state index is -4.54. The van der Waals surface area contributed by atoms with Crippen LogP contribution in [0.5, 0.6) is 0 Å². The number of rotatable bonds is 1. The summed E-state index contributed by atoms with van der Waals surface area (Å²) in [5, 5.41) is 0. The number of pyridine rings is 1. The molecule has 0 fully saturated rings. The molecular formula is C13H8F3N3O. The number of para-hydroxylation sites is 1. The molecule has 0 aliphatic carbocycles. The van der Waals surface area contributed by atoms with Crippen LogP contribution < -0.4 is 5.69 Å². The van der Waals surface area contributed by atoms with E-state index in [1.54, 1.807) is 6.07 Å². The van der Waals surface area contributed by atoms with E-state index < -0.39 is 17.4 Å². The number of imidazole rings is 1. The molecule has 0 amide bonds. The molecule has 3 rings (SSSR count). The maximum Gasteiger partial charge on any atom is 0.418 e. The Kier molecular flexibility index (Phi) is 2.63. The van der Waals surface area contributed by atoms with Crippen molar-refractivity contribution in [1.29, 1.82) is 0 Å². The Morgan fingerprint density at radius 1 is 1.10 bits per heavy atom. The van der Waals surface area contributed by atoms with Gasteiger partial charge in [0.15, 0.2) is 5.65 Å². The van der Waals surface area contributed by atoms with Crippen LogP contribution in [-0.2, 0) is 6.18 Å². The average Bonchev–Trinajstić information content (AvgIpc) is 2.73. The van der Waals surface area contributed by atoms with Gasteiger partial charge in [0.25, 0.3) is 0 Å². The van der Waals surface area contributed by atoms with Gasteiger partial charge in [0.1, 0.15) is 0 Å². The topological polar surface area (TPSA) is 50.7 Å². The highest BCUT2D eigenvalue weighted by atomic mass is 19.4. The molecule has 2 aromatic heterocycles. The van der Waals surface area contributed by atoms with E-state index in [2.05, 4.69) is 9.97 Å². The van der Waals surface area contributed by atoms with E-state index in [0.29, 0.717) is 5.52 Å². The van der Waals surface area contributed by atoms with Crippen LogP contribution in [0.2, 0.25) is 0 Å². The summed E-state index contributed by atoms with van der Waals surface area (Å²) in [5.41, 5.74) is -1.20. The van der Waals surface area contributed by atoms with Gasteiger partial charge in [0.05, 0.1) is 16.8 Å². The molecule has 0 aliphatic heterocycles. The number of halogens is 3. The number of nitrogens with one attached hydrogen (secondary N) is 1. The summed E-state index contributed by atoms with van der Waals surface area (Å²) in [7, 11) is 0. The van der Waals surface area contributed by atoms with Crippen molar-refractivity contribution >= 4 is 11.2 Å². The molecular weight excluding hydrogens is 271 g/mol. The van der Waals surface area contributed by atoms with Crippen LogP contribution in [0.3, 0.4) is 0 Å². The number of alkyl halides is 3. The van der Waals surface area contributed by atoms with Crippen molar-refractivity contribution in [2.24, 2.45) is 0 Å². The van der Waals surface area contributed by atoms with Crippen molar-refractivity contribution < 1.29 is 13.2 Å². The molecule has 20 heavy (non-hydrogen) atoms. The Balaban J connectivity index is 2.38. The number of nitrogens with zero attached hydrogens (tertiary/aromatic N) is 2. The number of hydrogen-bond donors (Lipinski definition) is 1. The third-order valence-corrected chi connectivity index (χ3v) is 2.91. The highest BCUT2D eigenvalue weighted by Crippen LogP contribution is 2.33. The monoisotopic (exact) mass is 279 g/mol. The van der Waals surface area contributed by atoms with Gasteiger partial charge < -0.3 is 0 Å². The van der Waals surface area contributed by atoms with E-state index >= 15 is 0 Å². The fourth-order valence-electron chi connectivity index (χ4n) is 2.09. The number of benzene rings is 1. The lowest BCUT2D eigenvalue weighted by Gasteiger charge is -2.12. The van der Waals surface area contributed by atoms with Gasteiger partial charge in [-0.15, -0.1) is 0 Å². The SMILES string of the molecule is O=c1[nH]c2ncccc2n1-c1ccccc1C(F)(F)F. The number of fused-ring (bicyclic) bond motifs is 1. The van der Waals surface area contributed by atoms with Crippen molar-refractivity contribution in [3.63, 3.8) is 0 Å². The summed E-state index contributed by atoms with van der Waals surface area (Å²) < 4.78 is 40.1. The highest BCUT2D eigenvalue weighted by Gasteiger charge is 2.34. The van der Waals surface area contributed by atoms with Gasteiger partial charge in [-0.2, -0.15) is 13.2 Å². The Morgan fingerprint density at radius 2 is 1.85 bits per heavy atom. The smallest absolute Gasteiger partial charge is 0.290 e. The van der Waals surface area contributed by atoms with E-state index in [-0.39, 0.29) is 11.3 Å². The summed E-state index contributed by atoms with van der Waals surface area (Å²) >= 11 is 0. The van der Waals surface area contributed by atoms with Crippen molar-refractivity contribution in [3.8, 4) is 5.69 Å². The molecule has 0 saturated heterocycles. The average molecular weight is 279 g/mol. The summed E-state index contributed by atoms with van der Waals surface area (Å²) in [5.74, 6) is 0. The van der Waals surface area contributed by atoms with Crippen LogP contribution in [0.1, 0.15) is 5.56 Å². The quantitative estimate of drug-likeness (QED) is 0.744. The molecule has 0 unspecified atom stereocenters. The Labute approximate surface area is 110 Å². The largest absolute Gasteiger partial charge is 0.418 e. The molecule has 0 spiro atoms. The first kappa shape index (κ1) is 12.5. The summed E-state index contributed by atoms with van der Waals surface area (Å²) in [6, 6.07) is 8.02. The predicted molar refractivity (Wildman–Crippen MR) is 66.7 cm³/mol. The second kappa shape index (κ2) is 4.22. The van der Waals surface area contributed by atoms with Crippen LogP contribution in [0, 0.1) is 0 Å². The highest BCUT2D eigenvalue weighted by molar-refractivity contribution is 5.73.